The summed E-state index contributed by atoms with van der Waals surface area (Å²) in [7, 11) is 0. The van der Waals surface area contributed by atoms with Crippen LogP contribution in [0, 0.1) is 5.82 Å². The molecule has 1 aromatic rings. The fourth-order valence-electron chi connectivity index (χ4n) is 2.28. The lowest BCUT2D eigenvalue weighted by Crippen LogP contribution is -2.15. The van der Waals surface area contributed by atoms with Crippen molar-refractivity contribution >= 4 is 11.9 Å². The van der Waals surface area contributed by atoms with E-state index in [1.54, 1.807) is 6.07 Å². The van der Waals surface area contributed by atoms with Crippen LogP contribution in [0.5, 0.6) is 5.75 Å². The molecule has 4 nitrogen and oxygen atoms in total. The SMILES string of the molecule is CCCCCCC(C)OC(=O)CCCC(=O)Oc1ccccc1F. The van der Waals surface area contributed by atoms with E-state index in [1.807, 2.05) is 6.92 Å². The number of esters is 2. The Morgan fingerprint density at radius 1 is 1.04 bits per heavy atom. The number of carbonyl (C=O) groups is 2. The van der Waals surface area contributed by atoms with Gasteiger partial charge in [0, 0.05) is 12.8 Å². The van der Waals surface area contributed by atoms with Crippen molar-refractivity contribution < 1.29 is 23.5 Å². The number of carbonyl (C=O) groups excluding carboxylic acids is 2. The van der Waals surface area contributed by atoms with Gasteiger partial charge in [0.25, 0.3) is 0 Å². The van der Waals surface area contributed by atoms with E-state index in [4.69, 9.17) is 9.47 Å². The maximum absolute atomic E-state index is 13.3. The third-order valence-corrected chi connectivity index (χ3v) is 3.62. The van der Waals surface area contributed by atoms with Gasteiger partial charge in [-0.2, -0.15) is 0 Å². The zero-order chi connectivity index (χ0) is 17.8. The van der Waals surface area contributed by atoms with Gasteiger partial charge in [0.15, 0.2) is 11.6 Å². The van der Waals surface area contributed by atoms with Gasteiger partial charge in [0.2, 0.25) is 0 Å². The Morgan fingerprint density at radius 3 is 2.46 bits per heavy atom. The first-order chi connectivity index (χ1) is 11.5. The first-order valence-corrected chi connectivity index (χ1v) is 8.67. The second-order valence-corrected chi connectivity index (χ2v) is 5.91. The van der Waals surface area contributed by atoms with Crippen molar-refractivity contribution in [1.29, 1.82) is 0 Å². The summed E-state index contributed by atoms with van der Waals surface area (Å²) < 4.78 is 23.6. The zero-order valence-electron chi connectivity index (χ0n) is 14.6. The fraction of sp³-hybridized carbons (Fsp3) is 0.579. The molecule has 0 aromatic heterocycles. The molecule has 0 aliphatic rings. The smallest absolute Gasteiger partial charge is 0.311 e. The lowest BCUT2D eigenvalue weighted by atomic mass is 10.1. The summed E-state index contributed by atoms with van der Waals surface area (Å²) in [6, 6.07) is 5.72. The topological polar surface area (TPSA) is 52.6 Å². The molecule has 134 valence electrons. The van der Waals surface area contributed by atoms with Crippen LogP contribution >= 0.6 is 0 Å². The number of unbranched alkanes of at least 4 members (excludes halogenated alkanes) is 3. The van der Waals surface area contributed by atoms with Gasteiger partial charge in [-0.3, -0.25) is 9.59 Å². The average Bonchev–Trinajstić information content (AvgIpc) is 2.54. The Hall–Kier alpha value is -1.91. The van der Waals surface area contributed by atoms with Crippen LogP contribution in [0.1, 0.15) is 65.2 Å². The molecule has 0 radical (unpaired) electrons. The van der Waals surface area contributed by atoms with Crippen LogP contribution in [0.25, 0.3) is 0 Å². The van der Waals surface area contributed by atoms with E-state index in [1.165, 1.54) is 31.0 Å². The molecule has 1 unspecified atom stereocenters. The lowest BCUT2D eigenvalue weighted by Gasteiger charge is -2.13. The van der Waals surface area contributed by atoms with Crippen LogP contribution in [-0.4, -0.2) is 18.0 Å². The molecule has 0 spiro atoms. The molecule has 1 atom stereocenters. The number of hydrogen-bond donors (Lipinski definition) is 0. The summed E-state index contributed by atoms with van der Waals surface area (Å²) in [6.45, 7) is 4.04. The Labute approximate surface area is 143 Å². The molecule has 24 heavy (non-hydrogen) atoms. The number of hydrogen-bond acceptors (Lipinski definition) is 4. The normalized spacial score (nSPS) is 11.8. The van der Waals surface area contributed by atoms with E-state index >= 15 is 0 Å². The third kappa shape index (κ3) is 8.65. The fourth-order valence-corrected chi connectivity index (χ4v) is 2.28. The predicted octanol–water partition coefficient (Wildman–Crippen LogP) is 4.80. The quantitative estimate of drug-likeness (QED) is 0.330. The minimum Gasteiger partial charge on any atom is -0.463 e. The van der Waals surface area contributed by atoms with Gasteiger partial charge in [-0.05, 0) is 38.3 Å². The minimum absolute atomic E-state index is 0.0499. The monoisotopic (exact) mass is 338 g/mol. The first-order valence-electron chi connectivity index (χ1n) is 8.67. The van der Waals surface area contributed by atoms with Gasteiger partial charge in [-0.1, -0.05) is 38.3 Å². The van der Waals surface area contributed by atoms with Crippen LogP contribution < -0.4 is 4.74 Å². The average molecular weight is 338 g/mol. The van der Waals surface area contributed by atoms with Gasteiger partial charge in [-0.15, -0.1) is 0 Å². The van der Waals surface area contributed by atoms with Crippen molar-refractivity contribution in [1.82, 2.24) is 0 Å². The van der Waals surface area contributed by atoms with E-state index in [9.17, 15) is 14.0 Å². The van der Waals surface area contributed by atoms with Crippen LogP contribution in [-0.2, 0) is 14.3 Å². The molecule has 5 heteroatoms. The molecule has 1 aromatic carbocycles. The summed E-state index contributed by atoms with van der Waals surface area (Å²) >= 11 is 0. The summed E-state index contributed by atoms with van der Waals surface area (Å²) in [5.41, 5.74) is 0. The molecule has 0 bridgehead atoms. The number of ether oxygens (including phenoxy) is 2. The summed E-state index contributed by atoms with van der Waals surface area (Å²) in [5.74, 6) is -1.54. The van der Waals surface area contributed by atoms with E-state index in [0.717, 1.165) is 19.3 Å². The third-order valence-electron chi connectivity index (χ3n) is 3.62. The first kappa shape index (κ1) is 20.1. The number of rotatable bonds is 11. The summed E-state index contributed by atoms with van der Waals surface area (Å²) in [4.78, 5) is 23.3. The Bertz CT molecular complexity index is 516. The van der Waals surface area contributed by atoms with Gasteiger partial charge in [-0.25, -0.2) is 4.39 Å². The van der Waals surface area contributed by atoms with E-state index in [2.05, 4.69) is 6.92 Å². The van der Waals surface area contributed by atoms with E-state index in [0.29, 0.717) is 6.42 Å². The van der Waals surface area contributed by atoms with Crippen molar-refractivity contribution in [2.24, 2.45) is 0 Å². The summed E-state index contributed by atoms with van der Waals surface area (Å²) in [5, 5.41) is 0. The molecule has 0 heterocycles. The molecule has 0 saturated carbocycles. The molecule has 1 rings (SSSR count). The van der Waals surface area contributed by atoms with Crippen LogP contribution in [0.2, 0.25) is 0 Å². The molecule has 0 N–H and O–H groups in total. The van der Waals surface area contributed by atoms with Gasteiger partial charge in [0.1, 0.15) is 0 Å². The highest BCUT2D eigenvalue weighted by Crippen LogP contribution is 2.16. The van der Waals surface area contributed by atoms with Crippen LogP contribution in [0.4, 0.5) is 4.39 Å². The van der Waals surface area contributed by atoms with Crippen molar-refractivity contribution in [2.75, 3.05) is 0 Å². The highest BCUT2D eigenvalue weighted by Gasteiger charge is 2.12. The van der Waals surface area contributed by atoms with Crippen LogP contribution in [0.15, 0.2) is 24.3 Å². The molecule has 0 aliphatic heterocycles. The highest BCUT2D eigenvalue weighted by molar-refractivity contribution is 5.74. The van der Waals surface area contributed by atoms with Crippen molar-refractivity contribution in [3.63, 3.8) is 0 Å². The van der Waals surface area contributed by atoms with Crippen molar-refractivity contribution in [3.8, 4) is 5.75 Å². The molecule has 0 fully saturated rings. The zero-order valence-corrected chi connectivity index (χ0v) is 14.6. The second kappa shape index (κ2) is 11.6. The van der Waals surface area contributed by atoms with E-state index in [-0.39, 0.29) is 30.7 Å². The van der Waals surface area contributed by atoms with Gasteiger partial charge >= 0.3 is 11.9 Å². The number of halogens is 1. The molecule has 0 aliphatic carbocycles. The minimum atomic E-state index is -0.581. The van der Waals surface area contributed by atoms with Gasteiger partial charge in [0.05, 0.1) is 6.10 Å². The predicted molar refractivity (Wildman–Crippen MR) is 90.2 cm³/mol. The summed E-state index contributed by atoms with van der Waals surface area (Å²) in [6.07, 6.45) is 5.88. The molecule has 0 amide bonds. The second-order valence-electron chi connectivity index (χ2n) is 5.91. The standard InChI is InChI=1S/C19H27FO4/c1-3-4-5-6-10-15(2)23-18(21)13-9-14-19(22)24-17-12-8-7-11-16(17)20/h7-8,11-12,15H,3-6,9-10,13-14H2,1-2H3. The molecular formula is C19H27FO4. The van der Waals surface area contributed by atoms with Crippen molar-refractivity contribution in [3.05, 3.63) is 30.1 Å². The van der Waals surface area contributed by atoms with E-state index < -0.39 is 11.8 Å². The van der Waals surface area contributed by atoms with Crippen molar-refractivity contribution in [2.45, 2.75) is 71.3 Å². The number of para-hydroxylation sites is 1. The Morgan fingerprint density at radius 2 is 1.75 bits per heavy atom. The highest BCUT2D eigenvalue weighted by atomic mass is 19.1. The maximum Gasteiger partial charge on any atom is 0.311 e. The largest absolute Gasteiger partial charge is 0.463 e. The lowest BCUT2D eigenvalue weighted by molar-refractivity contribution is -0.148. The number of benzene rings is 1. The molecule has 0 saturated heterocycles. The Balaban J connectivity index is 2.16. The van der Waals surface area contributed by atoms with Crippen LogP contribution in [0.3, 0.4) is 0 Å². The Kier molecular flexibility index (Phi) is 9.73. The maximum atomic E-state index is 13.3. The molecular weight excluding hydrogens is 311 g/mol. The van der Waals surface area contributed by atoms with Gasteiger partial charge < -0.3 is 9.47 Å².